The van der Waals surface area contributed by atoms with E-state index in [9.17, 15) is 8.42 Å². The van der Waals surface area contributed by atoms with Gasteiger partial charge in [-0.05, 0) is 41.3 Å². The summed E-state index contributed by atoms with van der Waals surface area (Å²) >= 11 is 0. The predicted octanol–water partition coefficient (Wildman–Crippen LogP) is 4.32. The fourth-order valence-electron chi connectivity index (χ4n) is 3.14. The Morgan fingerprint density at radius 2 is 1.57 bits per heavy atom. The SMILES string of the molecule is CCc1ccc(C(C)(C)c2ccc(OCc3ccnc(NS(C)(=O)=O)n3)cc2)cc1. The van der Waals surface area contributed by atoms with E-state index in [2.05, 4.69) is 71.9 Å². The zero-order valence-corrected chi connectivity index (χ0v) is 18.5. The van der Waals surface area contributed by atoms with Crippen molar-refractivity contribution in [2.24, 2.45) is 0 Å². The van der Waals surface area contributed by atoms with Gasteiger partial charge in [-0.2, -0.15) is 0 Å². The van der Waals surface area contributed by atoms with E-state index in [4.69, 9.17) is 4.74 Å². The minimum absolute atomic E-state index is 0.0322. The van der Waals surface area contributed by atoms with Gasteiger partial charge in [0, 0.05) is 11.6 Å². The summed E-state index contributed by atoms with van der Waals surface area (Å²) in [6.07, 6.45) is 3.58. The molecule has 0 radical (unpaired) electrons. The van der Waals surface area contributed by atoms with Crippen molar-refractivity contribution in [3.63, 3.8) is 0 Å². The topological polar surface area (TPSA) is 81.2 Å². The molecule has 0 aliphatic carbocycles. The normalized spacial score (nSPS) is 11.9. The van der Waals surface area contributed by atoms with Crippen molar-refractivity contribution in [3.05, 3.63) is 83.2 Å². The fraction of sp³-hybridized carbons (Fsp3) is 0.304. The number of rotatable bonds is 8. The van der Waals surface area contributed by atoms with E-state index >= 15 is 0 Å². The van der Waals surface area contributed by atoms with E-state index in [-0.39, 0.29) is 18.0 Å². The number of ether oxygens (including phenoxy) is 1. The van der Waals surface area contributed by atoms with Crippen LogP contribution in [-0.4, -0.2) is 24.6 Å². The van der Waals surface area contributed by atoms with Crippen LogP contribution in [0.15, 0.2) is 60.8 Å². The Morgan fingerprint density at radius 3 is 2.13 bits per heavy atom. The quantitative estimate of drug-likeness (QED) is 0.581. The van der Waals surface area contributed by atoms with Crippen molar-refractivity contribution in [2.45, 2.75) is 39.2 Å². The van der Waals surface area contributed by atoms with Gasteiger partial charge in [-0.25, -0.2) is 18.4 Å². The second-order valence-corrected chi connectivity index (χ2v) is 9.48. The highest BCUT2D eigenvalue weighted by Crippen LogP contribution is 2.32. The maximum atomic E-state index is 11.3. The standard InChI is InChI=1S/C23H27N3O3S/c1-5-17-6-8-18(9-7-17)23(2,3)19-10-12-21(13-11-19)29-16-20-14-15-24-22(25-20)26-30(4,27)28/h6-15H,5,16H2,1-4H3,(H,24,25,26). The van der Waals surface area contributed by atoms with Crippen LogP contribution >= 0.6 is 0 Å². The van der Waals surface area contributed by atoms with Crippen LogP contribution in [-0.2, 0) is 28.5 Å². The molecule has 3 rings (SSSR count). The highest BCUT2D eigenvalue weighted by Gasteiger charge is 2.23. The van der Waals surface area contributed by atoms with Gasteiger partial charge in [0.05, 0.1) is 11.9 Å². The van der Waals surface area contributed by atoms with Crippen LogP contribution in [0, 0.1) is 0 Å². The third-order valence-electron chi connectivity index (χ3n) is 5.04. The van der Waals surface area contributed by atoms with Crippen molar-refractivity contribution in [1.29, 1.82) is 0 Å². The first-order valence-electron chi connectivity index (χ1n) is 9.80. The summed E-state index contributed by atoms with van der Waals surface area (Å²) in [5.74, 6) is 0.747. The minimum Gasteiger partial charge on any atom is -0.487 e. The summed E-state index contributed by atoms with van der Waals surface area (Å²) in [5.41, 5.74) is 4.25. The van der Waals surface area contributed by atoms with Gasteiger partial charge in [0.25, 0.3) is 0 Å². The Morgan fingerprint density at radius 1 is 0.967 bits per heavy atom. The molecule has 7 heteroatoms. The van der Waals surface area contributed by atoms with Crippen LogP contribution in [0.1, 0.15) is 43.2 Å². The van der Waals surface area contributed by atoms with Gasteiger partial charge in [0.15, 0.2) is 0 Å². The average Bonchev–Trinajstić information content (AvgIpc) is 2.71. The third kappa shape index (κ3) is 5.57. The first kappa shape index (κ1) is 21.8. The summed E-state index contributed by atoms with van der Waals surface area (Å²) in [5, 5.41) is 0. The Labute approximate surface area is 178 Å². The molecule has 2 aromatic carbocycles. The zero-order valence-electron chi connectivity index (χ0n) is 17.7. The smallest absolute Gasteiger partial charge is 0.236 e. The highest BCUT2D eigenvalue weighted by molar-refractivity contribution is 7.91. The van der Waals surface area contributed by atoms with Crippen molar-refractivity contribution >= 4 is 16.0 Å². The molecule has 1 heterocycles. The Balaban J connectivity index is 1.68. The molecule has 0 unspecified atom stereocenters. The lowest BCUT2D eigenvalue weighted by atomic mass is 9.78. The molecule has 6 nitrogen and oxygen atoms in total. The van der Waals surface area contributed by atoms with Gasteiger partial charge in [0.2, 0.25) is 16.0 Å². The van der Waals surface area contributed by atoms with Gasteiger partial charge >= 0.3 is 0 Å². The van der Waals surface area contributed by atoms with Gasteiger partial charge < -0.3 is 4.74 Å². The molecule has 0 spiro atoms. The molecular weight excluding hydrogens is 398 g/mol. The minimum atomic E-state index is -3.42. The number of nitrogens with one attached hydrogen (secondary N) is 1. The molecule has 0 atom stereocenters. The van der Waals surface area contributed by atoms with Gasteiger partial charge in [0.1, 0.15) is 12.4 Å². The maximum absolute atomic E-state index is 11.3. The number of aryl methyl sites for hydroxylation is 1. The van der Waals surface area contributed by atoms with Crippen LogP contribution in [0.25, 0.3) is 0 Å². The largest absolute Gasteiger partial charge is 0.487 e. The Hall–Kier alpha value is -2.93. The molecule has 0 aliphatic heterocycles. The third-order valence-corrected chi connectivity index (χ3v) is 5.59. The van der Waals surface area contributed by atoms with Crippen LogP contribution in [0.3, 0.4) is 0 Å². The second kappa shape index (κ2) is 8.83. The van der Waals surface area contributed by atoms with E-state index in [0.717, 1.165) is 12.7 Å². The van der Waals surface area contributed by atoms with Gasteiger partial charge in [-0.3, -0.25) is 4.72 Å². The number of aromatic nitrogens is 2. The zero-order chi connectivity index (χ0) is 21.8. The van der Waals surface area contributed by atoms with Crippen LogP contribution in [0.5, 0.6) is 5.75 Å². The van der Waals surface area contributed by atoms with Crippen molar-refractivity contribution < 1.29 is 13.2 Å². The Bertz CT molecular complexity index is 1090. The number of hydrogen-bond acceptors (Lipinski definition) is 5. The summed E-state index contributed by atoms with van der Waals surface area (Å²) in [6.45, 7) is 6.79. The lowest BCUT2D eigenvalue weighted by Gasteiger charge is -2.26. The summed E-state index contributed by atoms with van der Waals surface area (Å²) in [7, 11) is -3.42. The molecule has 0 amide bonds. The van der Waals surface area contributed by atoms with Gasteiger partial charge in [-0.15, -0.1) is 0 Å². The monoisotopic (exact) mass is 425 g/mol. The van der Waals surface area contributed by atoms with E-state index in [0.29, 0.717) is 11.4 Å². The first-order chi connectivity index (χ1) is 14.2. The molecular formula is C23H27N3O3S. The van der Waals surface area contributed by atoms with Crippen LogP contribution in [0.4, 0.5) is 5.95 Å². The average molecular weight is 426 g/mol. The molecule has 1 aromatic heterocycles. The summed E-state index contributed by atoms with van der Waals surface area (Å²) in [6, 6.07) is 18.5. The summed E-state index contributed by atoms with van der Waals surface area (Å²) < 4.78 is 30.7. The van der Waals surface area contributed by atoms with E-state index in [1.807, 2.05) is 12.1 Å². The maximum Gasteiger partial charge on any atom is 0.236 e. The predicted molar refractivity (Wildman–Crippen MR) is 119 cm³/mol. The first-order valence-corrected chi connectivity index (χ1v) is 11.7. The molecule has 0 fully saturated rings. The van der Waals surface area contributed by atoms with E-state index < -0.39 is 10.0 Å². The van der Waals surface area contributed by atoms with Gasteiger partial charge in [-0.1, -0.05) is 57.2 Å². The Kier molecular flexibility index (Phi) is 6.41. The van der Waals surface area contributed by atoms with E-state index in [1.165, 1.54) is 22.9 Å². The number of benzene rings is 2. The second-order valence-electron chi connectivity index (χ2n) is 7.73. The fourth-order valence-corrected chi connectivity index (χ4v) is 3.57. The van der Waals surface area contributed by atoms with Crippen LogP contribution in [0.2, 0.25) is 0 Å². The molecule has 0 bridgehead atoms. The van der Waals surface area contributed by atoms with Crippen molar-refractivity contribution in [3.8, 4) is 5.75 Å². The molecule has 3 aromatic rings. The number of anilines is 1. The molecule has 1 N–H and O–H groups in total. The number of sulfonamides is 1. The summed E-state index contributed by atoms with van der Waals surface area (Å²) in [4.78, 5) is 8.06. The molecule has 0 saturated carbocycles. The number of nitrogens with zero attached hydrogens (tertiary/aromatic N) is 2. The lowest BCUT2D eigenvalue weighted by molar-refractivity contribution is 0.301. The molecule has 158 valence electrons. The van der Waals surface area contributed by atoms with Crippen molar-refractivity contribution in [2.75, 3.05) is 11.0 Å². The molecule has 0 saturated heterocycles. The van der Waals surface area contributed by atoms with Crippen molar-refractivity contribution in [1.82, 2.24) is 9.97 Å². The highest BCUT2D eigenvalue weighted by atomic mass is 32.2. The number of hydrogen-bond donors (Lipinski definition) is 1. The molecule has 0 aliphatic rings. The molecule has 30 heavy (non-hydrogen) atoms. The lowest BCUT2D eigenvalue weighted by Crippen LogP contribution is -2.18. The van der Waals surface area contributed by atoms with E-state index in [1.54, 1.807) is 6.07 Å². The van der Waals surface area contributed by atoms with Crippen LogP contribution < -0.4 is 9.46 Å².